The number of carbonyl (C=O) groups is 1. The third-order valence-corrected chi connectivity index (χ3v) is 7.05. The maximum atomic E-state index is 12.7. The molecule has 31 heavy (non-hydrogen) atoms. The molecule has 0 radical (unpaired) electrons. The maximum absolute atomic E-state index is 12.7. The standard InChI is InChI=1S/C20H20Cl2N4O4S/c21-17-4-3-15(13-18(17)22)31(29,30)24-14-2-5-19(16(12-14)20(27)28)26-10-8-25(9-11-26)7-1-6-23/h2-5,12-13,24H,1,7-11H2,(H,27,28). The van der Waals surface area contributed by atoms with E-state index in [1.165, 1.54) is 30.3 Å². The van der Waals surface area contributed by atoms with Crippen molar-refractivity contribution in [3.8, 4) is 6.07 Å². The molecule has 1 heterocycles. The first-order valence-corrected chi connectivity index (χ1v) is 11.6. The number of halogens is 2. The van der Waals surface area contributed by atoms with E-state index in [0.29, 0.717) is 44.8 Å². The molecule has 1 aliphatic heterocycles. The van der Waals surface area contributed by atoms with Crippen LogP contribution in [0, 0.1) is 11.3 Å². The second kappa shape index (κ2) is 9.75. The zero-order chi connectivity index (χ0) is 22.6. The Bertz CT molecular complexity index is 1130. The van der Waals surface area contributed by atoms with Crippen molar-refractivity contribution in [1.29, 1.82) is 5.26 Å². The average Bonchev–Trinajstić information content (AvgIpc) is 2.74. The third kappa shape index (κ3) is 5.60. The number of piperazine rings is 1. The van der Waals surface area contributed by atoms with Gasteiger partial charge in [0.15, 0.2) is 0 Å². The summed E-state index contributed by atoms with van der Waals surface area (Å²) in [4.78, 5) is 15.9. The van der Waals surface area contributed by atoms with Gasteiger partial charge in [-0.15, -0.1) is 0 Å². The molecule has 0 bridgehead atoms. The Labute approximate surface area is 190 Å². The molecule has 2 aromatic carbocycles. The molecular weight excluding hydrogens is 463 g/mol. The Morgan fingerprint density at radius 2 is 1.81 bits per heavy atom. The van der Waals surface area contributed by atoms with Gasteiger partial charge in [-0.2, -0.15) is 5.26 Å². The van der Waals surface area contributed by atoms with E-state index in [9.17, 15) is 18.3 Å². The first kappa shape index (κ1) is 23.2. The van der Waals surface area contributed by atoms with Gasteiger partial charge in [-0.05, 0) is 36.4 Å². The number of benzene rings is 2. The van der Waals surface area contributed by atoms with Crippen molar-refractivity contribution >= 4 is 50.6 Å². The summed E-state index contributed by atoms with van der Waals surface area (Å²) in [6.45, 7) is 3.34. The Morgan fingerprint density at radius 3 is 2.42 bits per heavy atom. The average molecular weight is 483 g/mol. The van der Waals surface area contributed by atoms with Gasteiger partial charge >= 0.3 is 5.97 Å². The fourth-order valence-electron chi connectivity index (χ4n) is 3.33. The number of hydrogen-bond acceptors (Lipinski definition) is 6. The predicted octanol–water partition coefficient (Wildman–Crippen LogP) is 3.53. The molecule has 1 saturated heterocycles. The highest BCUT2D eigenvalue weighted by Gasteiger charge is 2.23. The molecule has 0 aliphatic carbocycles. The lowest BCUT2D eigenvalue weighted by atomic mass is 10.1. The summed E-state index contributed by atoms with van der Waals surface area (Å²) in [6, 6.07) is 10.5. The Hall–Kier alpha value is -2.51. The molecule has 8 nitrogen and oxygen atoms in total. The van der Waals surface area contributed by atoms with E-state index in [2.05, 4.69) is 15.7 Å². The van der Waals surface area contributed by atoms with E-state index in [-0.39, 0.29) is 26.2 Å². The van der Waals surface area contributed by atoms with Gasteiger partial charge in [0.2, 0.25) is 0 Å². The normalized spacial score (nSPS) is 14.8. The second-order valence-corrected chi connectivity index (χ2v) is 9.45. The van der Waals surface area contributed by atoms with E-state index in [0.717, 1.165) is 0 Å². The molecule has 1 fully saturated rings. The van der Waals surface area contributed by atoms with E-state index in [1.54, 1.807) is 6.07 Å². The zero-order valence-electron chi connectivity index (χ0n) is 16.4. The molecule has 2 aromatic rings. The molecule has 0 saturated carbocycles. The molecule has 0 unspecified atom stereocenters. The molecule has 164 valence electrons. The number of aromatic carboxylic acids is 1. The minimum atomic E-state index is -3.98. The van der Waals surface area contributed by atoms with Crippen LogP contribution in [0.1, 0.15) is 16.8 Å². The lowest BCUT2D eigenvalue weighted by molar-refractivity contribution is 0.0697. The first-order valence-electron chi connectivity index (χ1n) is 9.41. The molecule has 0 atom stereocenters. The van der Waals surface area contributed by atoms with Crippen LogP contribution in [0.5, 0.6) is 0 Å². The van der Waals surface area contributed by atoms with Crippen molar-refractivity contribution in [2.24, 2.45) is 0 Å². The Kier molecular flexibility index (Phi) is 7.28. The number of rotatable bonds is 7. The summed E-state index contributed by atoms with van der Waals surface area (Å²) in [5.41, 5.74) is 0.643. The van der Waals surface area contributed by atoms with Crippen molar-refractivity contribution in [3.63, 3.8) is 0 Å². The summed E-state index contributed by atoms with van der Waals surface area (Å²) in [7, 11) is -3.98. The molecule has 0 aromatic heterocycles. The molecular formula is C20H20Cl2N4O4S. The highest BCUT2D eigenvalue weighted by Crippen LogP contribution is 2.29. The number of carboxylic acid groups (broad SMARTS) is 1. The zero-order valence-corrected chi connectivity index (χ0v) is 18.7. The van der Waals surface area contributed by atoms with Crippen LogP contribution < -0.4 is 9.62 Å². The summed E-state index contributed by atoms with van der Waals surface area (Å²) in [5.74, 6) is -1.16. The van der Waals surface area contributed by atoms with Crippen LogP contribution in [0.15, 0.2) is 41.3 Å². The topological polar surface area (TPSA) is 114 Å². The number of nitrogens with one attached hydrogen (secondary N) is 1. The highest BCUT2D eigenvalue weighted by molar-refractivity contribution is 7.92. The number of nitrogens with zero attached hydrogens (tertiary/aromatic N) is 3. The van der Waals surface area contributed by atoms with E-state index < -0.39 is 16.0 Å². The lowest BCUT2D eigenvalue weighted by Gasteiger charge is -2.36. The quantitative estimate of drug-likeness (QED) is 0.620. The van der Waals surface area contributed by atoms with Crippen LogP contribution in [-0.4, -0.2) is 57.1 Å². The van der Waals surface area contributed by atoms with Gasteiger partial charge in [0.1, 0.15) is 0 Å². The Balaban J connectivity index is 1.80. The van der Waals surface area contributed by atoms with Gasteiger partial charge in [-0.1, -0.05) is 23.2 Å². The number of carboxylic acids is 1. The maximum Gasteiger partial charge on any atom is 0.337 e. The smallest absolute Gasteiger partial charge is 0.337 e. The lowest BCUT2D eigenvalue weighted by Crippen LogP contribution is -2.47. The molecule has 2 N–H and O–H groups in total. The minimum Gasteiger partial charge on any atom is -0.478 e. The summed E-state index contributed by atoms with van der Waals surface area (Å²) >= 11 is 11.7. The number of anilines is 2. The second-order valence-electron chi connectivity index (χ2n) is 6.96. The monoisotopic (exact) mass is 482 g/mol. The van der Waals surface area contributed by atoms with Crippen LogP contribution in [-0.2, 0) is 10.0 Å². The summed E-state index contributed by atoms with van der Waals surface area (Å²) in [5, 5.41) is 18.7. The van der Waals surface area contributed by atoms with Crippen LogP contribution in [0.2, 0.25) is 10.0 Å². The molecule has 11 heteroatoms. The van der Waals surface area contributed by atoms with E-state index in [4.69, 9.17) is 28.5 Å². The van der Waals surface area contributed by atoms with Crippen molar-refractivity contribution in [2.75, 3.05) is 42.3 Å². The van der Waals surface area contributed by atoms with Gasteiger partial charge in [0.25, 0.3) is 10.0 Å². The van der Waals surface area contributed by atoms with Crippen molar-refractivity contribution in [2.45, 2.75) is 11.3 Å². The van der Waals surface area contributed by atoms with E-state index >= 15 is 0 Å². The van der Waals surface area contributed by atoms with Crippen molar-refractivity contribution in [1.82, 2.24) is 4.90 Å². The van der Waals surface area contributed by atoms with E-state index in [1.807, 2.05) is 4.90 Å². The van der Waals surface area contributed by atoms with Gasteiger partial charge < -0.3 is 10.0 Å². The molecule has 3 rings (SSSR count). The van der Waals surface area contributed by atoms with Gasteiger partial charge in [-0.25, -0.2) is 13.2 Å². The van der Waals surface area contributed by atoms with Crippen LogP contribution in [0.25, 0.3) is 0 Å². The first-order chi connectivity index (χ1) is 14.7. The van der Waals surface area contributed by atoms with Crippen molar-refractivity contribution < 1.29 is 18.3 Å². The number of nitriles is 1. The Morgan fingerprint density at radius 1 is 1.10 bits per heavy atom. The predicted molar refractivity (Wildman–Crippen MR) is 120 cm³/mol. The third-order valence-electron chi connectivity index (χ3n) is 4.93. The van der Waals surface area contributed by atoms with Crippen LogP contribution in [0.3, 0.4) is 0 Å². The highest BCUT2D eigenvalue weighted by atomic mass is 35.5. The molecule has 1 aliphatic rings. The molecule has 0 spiro atoms. The number of sulfonamides is 1. The van der Waals surface area contributed by atoms with Crippen LogP contribution in [0.4, 0.5) is 11.4 Å². The van der Waals surface area contributed by atoms with Crippen molar-refractivity contribution in [3.05, 3.63) is 52.0 Å². The number of hydrogen-bond donors (Lipinski definition) is 2. The fourth-order valence-corrected chi connectivity index (χ4v) is 4.76. The fraction of sp³-hybridized carbons (Fsp3) is 0.300. The minimum absolute atomic E-state index is 0.000173. The largest absolute Gasteiger partial charge is 0.478 e. The van der Waals surface area contributed by atoms with Gasteiger partial charge in [0.05, 0.1) is 32.3 Å². The van der Waals surface area contributed by atoms with Gasteiger partial charge in [-0.3, -0.25) is 9.62 Å². The molecule has 0 amide bonds. The SMILES string of the molecule is N#CCCN1CCN(c2ccc(NS(=O)(=O)c3ccc(Cl)c(Cl)c3)cc2C(=O)O)CC1. The summed E-state index contributed by atoms with van der Waals surface area (Å²) < 4.78 is 27.7. The van der Waals surface area contributed by atoms with Crippen LogP contribution >= 0.6 is 23.2 Å². The van der Waals surface area contributed by atoms with Gasteiger partial charge in [0, 0.05) is 44.8 Å². The summed E-state index contributed by atoms with van der Waals surface area (Å²) in [6.07, 6.45) is 0.452.